The second-order valence-electron chi connectivity index (χ2n) is 4.55. The molecule has 1 saturated heterocycles. The van der Waals surface area contributed by atoms with E-state index in [-0.39, 0.29) is 10.8 Å². The van der Waals surface area contributed by atoms with E-state index in [2.05, 4.69) is 15.2 Å². The first-order chi connectivity index (χ1) is 9.18. The molecule has 0 spiro atoms. The number of hydrogen-bond donors (Lipinski definition) is 1. The van der Waals surface area contributed by atoms with Gasteiger partial charge in [-0.25, -0.2) is 8.42 Å². The molecule has 0 aromatic carbocycles. The fourth-order valence-corrected chi connectivity index (χ4v) is 3.81. The molecule has 6 nitrogen and oxygen atoms in total. The van der Waals surface area contributed by atoms with E-state index >= 15 is 0 Å². The summed E-state index contributed by atoms with van der Waals surface area (Å²) in [5.74, 6) is 0.189. The largest absolute Gasteiger partial charge is 0.282 e. The summed E-state index contributed by atoms with van der Waals surface area (Å²) in [4.78, 5) is 4.12. The standard InChI is InChI=1S/C12H14N4O2S/c17-19(18,11-2-1-5-13-8-11)16-7-4-10(9-16)12-3-6-14-15-12/h1-3,5-6,8,10H,4,7,9H2,(H,14,15)/t10-/m0/s1. The van der Waals surface area contributed by atoms with Crippen LogP contribution < -0.4 is 0 Å². The SMILES string of the molecule is O=S(=O)(c1cccnc1)N1CC[C@H](c2ccn[nH]2)C1. The topological polar surface area (TPSA) is 79.0 Å². The predicted molar refractivity (Wildman–Crippen MR) is 68.9 cm³/mol. The molecule has 1 fully saturated rings. The predicted octanol–water partition coefficient (Wildman–Crippen LogP) is 0.983. The van der Waals surface area contributed by atoms with Crippen molar-refractivity contribution in [1.82, 2.24) is 19.5 Å². The number of aromatic amines is 1. The van der Waals surface area contributed by atoms with Crippen LogP contribution in [0.5, 0.6) is 0 Å². The minimum absolute atomic E-state index is 0.189. The van der Waals surface area contributed by atoms with Gasteiger partial charge in [-0.2, -0.15) is 9.40 Å². The lowest BCUT2D eigenvalue weighted by atomic mass is 10.1. The lowest BCUT2D eigenvalue weighted by Gasteiger charge is -2.15. The molecular weight excluding hydrogens is 264 g/mol. The van der Waals surface area contributed by atoms with Gasteiger partial charge in [0.1, 0.15) is 4.90 Å². The minimum Gasteiger partial charge on any atom is -0.282 e. The summed E-state index contributed by atoms with van der Waals surface area (Å²) in [6.07, 6.45) is 5.45. The molecule has 2 aromatic rings. The lowest BCUT2D eigenvalue weighted by Crippen LogP contribution is -2.28. The van der Waals surface area contributed by atoms with E-state index in [1.807, 2.05) is 6.07 Å². The summed E-state index contributed by atoms with van der Waals surface area (Å²) in [7, 11) is -3.43. The van der Waals surface area contributed by atoms with Gasteiger partial charge in [0.2, 0.25) is 10.0 Å². The Kier molecular flexibility index (Phi) is 3.08. The third-order valence-electron chi connectivity index (χ3n) is 3.39. The summed E-state index contributed by atoms with van der Waals surface area (Å²) < 4.78 is 26.3. The van der Waals surface area contributed by atoms with E-state index in [1.165, 1.54) is 10.5 Å². The van der Waals surface area contributed by atoms with Crippen molar-refractivity contribution >= 4 is 10.0 Å². The highest BCUT2D eigenvalue weighted by molar-refractivity contribution is 7.89. The summed E-state index contributed by atoms with van der Waals surface area (Å²) >= 11 is 0. The number of rotatable bonds is 3. The lowest BCUT2D eigenvalue weighted by molar-refractivity contribution is 0.471. The Balaban J connectivity index is 1.81. The second kappa shape index (κ2) is 4.75. The summed E-state index contributed by atoms with van der Waals surface area (Å²) in [6.45, 7) is 1.01. The molecule has 2 aromatic heterocycles. The van der Waals surface area contributed by atoms with Gasteiger partial charge in [0.25, 0.3) is 0 Å². The Morgan fingerprint density at radius 2 is 2.21 bits per heavy atom. The zero-order valence-electron chi connectivity index (χ0n) is 10.2. The summed E-state index contributed by atoms with van der Waals surface area (Å²) in [5.41, 5.74) is 0.990. The average Bonchev–Trinajstić information content (AvgIpc) is 3.10. The van der Waals surface area contributed by atoms with Crippen LogP contribution in [0, 0.1) is 0 Å². The van der Waals surface area contributed by atoms with Crippen molar-refractivity contribution in [2.24, 2.45) is 0 Å². The number of hydrogen-bond acceptors (Lipinski definition) is 4. The van der Waals surface area contributed by atoms with Crippen LogP contribution in [0.25, 0.3) is 0 Å². The van der Waals surface area contributed by atoms with Crippen LogP contribution in [0.4, 0.5) is 0 Å². The fraction of sp³-hybridized carbons (Fsp3) is 0.333. The molecule has 1 atom stereocenters. The Hall–Kier alpha value is -1.73. The molecule has 3 heterocycles. The quantitative estimate of drug-likeness (QED) is 0.907. The van der Waals surface area contributed by atoms with Gasteiger partial charge in [0, 0.05) is 43.3 Å². The van der Waals surface area contributed by atoms with E-state index in [4.69, 9.17) is 0 Å². The van der Waals surface area contributed by atoms with Crippen molar-refractivity contribution in [3.05, 3.63) is 42.5 Å². The fourth-order valence-electron chi connectivity index (χ4n) is 2.34. The molecule has 0 radical (unpaired) electrons. The summed E-state index contributed by atoms with van der Waals surface area (Å²) in [5, 5.41) is 6.82. The van der Waals surface area contributed by atoms with Crippen LogP contribution in [-0.2, 0) is 10.0 Å². The van der Waals surface area contributed by atoms with Crippen molar-refractivity contribution in [1.29, 1.82) is 0 Å². The maximum atomic E-state index is 12.4. The molecular formula is C12H14N4O2S. The van der Waals surface area contributed by atoms with Gasteiger partial charge in [-0.05, 0) is 24.6 Å². The van der Waals surface area contributed by atoms with Gasteiger partial charge in [0.05, 0.1) is 0 Å². The van der Waals surface area contributed by atoms with Crippen molar-refractivity contribution in [2.45, 2.75) is 17.2 Å². The smallest absolute Gasteiger partial charge is 0.244 e. The Bertz CT molecular complexity index is 640. The molecule has 1 N–H and O–H groups in total. The second-order valence-corrected chi connectivity index (χ2v) is 6.49. The molecule has 0 amide bonds. The zero-order valence-corrected chi connectivity index (χ0v) is 11.0. The van der Waals surface area contributed by atoms with Crippen LogP contribution in [0.15, 0.2) is 41.7 Å². The van der Waals surface area contributed by atoms with Gasteiger partial charge < -0.3 is 0 Å². The molecule has 0 saturated carbocycles. The highest BCUT2D eigenvalue weighted by Crippen LogP contribution is 2.29. The van der Waals surface area contributed by atoms with Gasteiger partial charge in [-0.1, -0.05) is 0 Å². The van der Waals surface area contributed by atoms with Crippen LogP contribution >= 0.6 is 0 Å². The Labute approximate surface area is 111 Å². The minimum atomic E-state index is -3.43. The number of H-pyrrole nitrogens is 1. The Morgan fingerprint density at radius 3 is 2.89 bits per heavy atom. The zero-order chi connectivity index (χ0) is 13.3. The first-order valence-corrected chi connectivity index (χ1v) is 7.51. The van der Waals surface area contributed by atoms with Gasteiger partial charge in [0.15, 0.2) is 0 Å². The molecule has 100 valence electrons. The third kappa shape index (κ3) is 2.26. The molecule has 0 bridgehead atoms. The van der Waals surface area contributed by atoms with Crippen LogP contribution in [0.1, 0.15) is 18.0 Å². The molecule has 0 aliphatic carbocycles. The van der Waals surface area contributed by atoms with Crippen molar-refractivity contribution < 1.29 is 8.42 Å². The average molecular weight is 278 g/mol. The van der Waals surface area contributed by atoms with Gasteiger partial charge >= 0.3 is 0 Å². The molecule has 1 aliphatic heterocycles. The number of nitrogens with one attached hydrogen (secondary N) is 1. The van der Waals surface area contributed by atoms with Crippen LogP contribution in [0.2, 0.25) is 0 Å². The molecule has 19 heavy (non-hydrogen) atoms. The molecule has 7 heteroatoms. The van der Waals surface area contributed by atoms with E-state index in [1.54, 1.807) is 24.5 Å². The maximum Gasteiger partial charge on any atom is 0.244 e. The first kappa shape index (κ1) is 12.3. The molecule has 3 rings (SSSR count). The van der Waals surface area contributed by atoms with E-state index in [9.17, 15) is 8.42 Å². The van der Waals surface area contributed by atoms with E-state index < -0.39 is 10.0 Å². The van der Waals surface area contributed by atoms with Crippen molar-refractivity contribution in [2.75, 3.05) is 13.1 Å². The first-order valence-electron chi connectivity index (χ1n) is 6.07. The maximum absolute atomic E-state index is 12.4. The normalized spacial score (nSPS) is 20.7. The number of nitrogens with zero attached hydrogens (tertiary/aromatic N) is 3. The van der Waals surface area contributed by atoms with Crippen molar-refractivity contribution in [3.8, 4) is 0 Å². The van der Waals surface area contributed by atoms with Gasteiger partial charge in [-0.3, -0.25) is 10.1 Å². The van der Waals surface area contributed by atoms with Crippen LogP contribution in [0.3, 0.4) is 0 Å². The third-order valence-corrected chi connectivity index (χ3v) is 5.23. The highest BCUT2D eigenvalue weighted by atomic mass is 32.2. The molecule has 1 aliphatic rings. The number of pyridine rings is 1. The van der Waals surface area contributed by atoms with E-state index in [0.29, 0.717) is 13.1 Å². The number of aromatic nitrogens is 3. The Morgan fingerprint density at radius 1 is 1.32 bits per heavy atom. The monoisotopic (exact) mass is 278 g/mol. The highest BCUT2D eigenvalue weighted by Gasteiger charge is 2.33. The van der Waals surface area contributed by atoms with Crippen LogP contribution in [-0.4, -0.2) is 41.0 Å². The van der Waals surface area contributed by atoms with Crippen molar-refractivity contribution in [3.63, 3.8) is 0 Å². The number of sulfonamides is 1. The van der Waals surface area contributed by atoms with Gasteiger partial charge in [-0.15, -0.1) is 0 Å². The molecule has 0 unspecified atom stereocenters. The summed E-state index contributed by atoms with van der Waals surface area (Å²) in [6, 6.07) is 5.10. The van der Waals surface area contributed by atoms with E-state index in [0.717, 1.165) is 12.1 Å².